The molecular weight excluding hydrogens is 294 g/mol. The second-order valence-electron chi connectivity index (χ2n) is 5.73. The number of benzene rings is 2. The van der Waals surface area contributed by atoms with Crippen molar-refractivity contribution in [3.05, 3.63) is 65.2 Å². The van der Waals surface area contributed by atoms with Gasteiger partial charge in [-0.1, -0.05) is 36.4 Å². The van der Waals surface area contributed by atoms with E-state index in [-0.39, 0.29) is 5.91 Å². The maximum absolute atomic E-state index is 12.9. The van der Waals surface area contributed by atoms with E-state index in [4.69, 9.17) is 4.74 Å². The summed E-state index contributed by atoms with van der Waals surface area (Å²) < 4.78 is 5.73. The fourth-order valence-electron chi connectivity index (χ4n) is 3.56. The van der Waals surface area contributed by atoms with Gasteiger partial charge in [-0.2, -0.15) is 0 Å². The quantitative estimate of drug-likeness (QED) is 0.878. The fourth-order valence-corrected chi connectivity index (χ4v) is 3.56. The van der Waals surface area contributed by atoms with E-state index in [1.165, 1.54) is 0 Å². The predicted octanol–water partition coefficient (Wildman–Crippen LogP) is 2.44. The van der Waals surface area contributed by atoms with Crippen molar-refractivity contribution in [1.29, 1.82) is 0 Å². The van der Waals surface area contributed by atoms with Crippen LogP contribution in [-0.2, 0) is 4.79 Å². The van der Waals surface area contributed by atoms with Crippen LogP contribution in [0.1, 0.15) is 33.4 Å². The number of carbonyl (C=O) groups excluding carboxylic acids is 1. The molecule has 0 saturated carbocycles. The van der Waals surface area contributed by atoms with Crippen LogP contribution < -0.4 is 4.74 Å². The van der Waals surface area contributed by atoms with E-state index in [1.807, 2.05) is 24.3 Å². The zero-order valence-corrected chi connectivity index (χ0v) is 12.3. The highest BCUT2D eigenvalue weighted by Crippen LogP contribution is 2.46. The highest BCUT2D eigenvalue weighted by molar-refractivity contribution is 6.00. The van der Waals surface area contributed by atoms with Gasteiger partial charge in [-0.25, -0.2) is 0 Å². The van der Waals surface area contributed by atoms with Crippen molar-refractivity contribution in [3.63, 3.8) is 0 Å². The standard InChI is InChI=1S/C18H15NO4/c20-17-12-6-2-1-5-11(12)15(18(21)22)16-13-7-3-4-8-14(13)23-10-9-19(16)17/h1-8,15-16H,9-10H2,(H,21,22)/t15-,16-/m1/s1. The second-order valence-corrected chi connectivity index (χ2v) is 5.73. The van der Waals surface area contributed by atoms with E-state index in [2.05, 4.69) is 0 Å². The molecule has 0 radical (unpaired) electrons. The minimum Gasteiger partial charge on any atom is -0.491 e. The van der Waals surface area contributed by atoms with Crippen molar-refractivity contribution >= 4 is 11.9 Å². The monoisotopic (exact) mass is 309 g/mol. The number of carboxylic acid groups (broad SMARTS) is 1. The first-order chi connectivity index (χ1) is 11.2. The van der Waals surface area contributed by atoms with Crippen LogP contribution in [0.2, 0.25) is 0 Å². The van der Waals surface area contributed by atoms with Crippen LogP contribution in [-0.4, -0.2) is 35.0 Å². The first-order valence-corrected chi connectivity index (χ1v) is 7.53. The van der Waals surface area contributed by atoms with E-state index in [1.54, 1.807) is 29.2 Å². The lowest BCUT2D eigenvalue weighted by Gasteiger charge is -2.39. The van der Waals surface area contributed by atoms with Crippen LogP contribution >= 0.6 is 0 Å². The lowest BCUT2D eigenvalue weighted by Crippen LogP contribution is -2.45. The summed E-state index contributed by atoms with van der Waals surface area (Å²) in [5.74, 6) is -1.22. The van der Waals surface area contributed by atoms with E-state index in [0.717, 1.165) is 5.56 Å². The number of aliphatic carboxylic acids is 1. The Hall–Kier alpha value is -2.82. The number of hydrogen-bond acceptors (Lipinski definition) is 3. The Morgan fingerprint density at radius 1 is 1.09 bits per heavy atom. The van der Waals surface area contributed by atoms with Crippen molar-refractivity contribution in [3.8, 4) is 5.75 Å². The molecule has 2 aromatic carbocycles. The van der Waals surface area contributed by atoms with E-state index < -0.39 is 17.9 Å². The molecule has 2 atom stereocenters. The molecule has 0 aliphatic carbocycles. The molecule has 116 valence electrons. The Bertz CT molecular complexity index is 801. The zero-order valence-electron chi connectivity index (χ0n) is 12.3. The molecule has 5 nitrogen and oxygen atoms in total. The third-order valence-corrected chi connectivity index (χ3v) is 4.53. The number of hydrogen-bond donors (Lipinski definition) is 1. The van der Waals surface area contributed by atoms with Gasteiger partial charge in [0.2, 0.25) is 0 Å². The Kier molecular flexibility index (Phi) is 3.08. The minimum absolute atomic E-state index is 0.136. The van der Waals surface area contributed by atoms with Gasteiger partial charge in [-0.15, -0.1) is 0 Å². The molecule has 0 spiro atoms. The number of para-hydroxylation sites is 1. The Labute approximate surface area is 133 Å². The molecule has 2 aliphatic rings. The van der Waals surface area contributed by atoms with Crippen LogP contribution in [0.15, 0.2) is 48.5 Å². The van der Waals surface area contributed by atoms with E-state index >= 15 is 0 Å². The van der Waals surface area contributed by atoms with E-state index in [0.29, 0.717) is 30.0 Å². The summed E-state index contributed by atoms with van der Waals surface area (Å²) in [6.07, 6.45) is 0. The summed E-state index contributed by atoms with van der Waals surface area (Å²) in [5.41, 5.74) is 1.79. The average molecular weight is 309 g/mol. The number of carbonyl (C=O) groups is 2. The van der Waals surface area contributed by atoms with Crippen molar-refractivity contribution in [2.75, 3.05) is 13.2 Å². The van der Waals surface area contributed by atoms with Crippen molar-refractivity contribution in [2.45, 2.75) is 12.0 Å². The van der Waals surface area contributed by atoms with Gasteiger partial charge in [-0.05, 0) is 17.7 Å². The molecule has 5 heteroatoms. The van der Waals surface area contributed by atoms with Gasteiger partial charge in [0.15, 0.2) is 0 Å². The molecule has 2 aliphatic heterocycles. The molecule has 2 aromatic rings. The molecule has 0 fully saturated rings. The van der Waals surface area contributed by atoms with Crippen LogP contribution in [0.5, 0.6) is 5.75 Å². The summed E-state index contributed by atoms with van der Waals surface area (Å²) in [6.45, 7) is 0.726. The molecule has 0 bridgehead atoms. The molecule has 1 N–H and O–H groups in total. The maximum atomic E-state index is 12.9. The summed E-state index contributed by atoms with van der Waals surface area (Å²) in [7, 11) is 0. The molecular formula is C18H15NO4. The van der Waals surface area contributed by atoms with Crippen molar-refractivity contribution in [2.24, 2.45) is 0 Å². The average Bonchev–Trinajstić information content (AvgIpc) is 2.75. The van der Waals surface area contributed by atoms with Gasteiger partial charge in [0.1, 0.15) is 18.3 Å². The third-order valence-electron chi connectivity index (χ3n) is 4.53. The molecule has 0 aromatic heterocycles. The van der Waals surface area contributed by atoms with Gasteiger partial charge in [-0.3, -0.25) is 9.59 Å². The topological polar surface area (TPSA) is 66.8 Å². The number of carboxylic acids is 1. The lowest BCUT2D eigenvalue weighted by molar-refractivity contribution is -0.140. The normalized spacial score (nSPS) is 22.3. The smallest absolute Gasteiger partial charge is 0.313 e. The Balaban J connectivity index is 1.97. The van der Waals surface area contributed by atoms with Gasteiger partial charge < -0.3 is 14.7 Å². The van der Waals surface area contributed by atoms with Crippen LogP contribution in [0.25, 0.3) is 0 Å². The SMILES string of the molecule is O=C(O)[C@@H]1c2ccccc2C(=O)N2CCOc3ccccc3[C@H]12. The predicted molar refractivity (Wildman–Crippen MR) is 82.5 cm³/mol. The van der Waals surface area contributed by atoms with Crippen molar-refractivity contribution < 1.29 is 19.4 Å². The molecule has 1 amide bonds. The summed E-state index contributed by atoms with van der Waals surface area (Å²) in [6, 6.07) is 13.8. The molecule has 0 saturated heterocycles. The summed E-state index contributed by atoms with van der Waals surface area (Å²) in [5, 5.41) is 9.85. The van der Waals surface area contributed by atoms with Gasteiger partial charge >= 0.3 is 5.97 Å². The third kappa shape index (κ3) is 2.00. The van der Waals surface area contributed by atoms with Gasteiger partial charge in [0, 0.05) is 11.1 Å². The van der Waals surface area contributed by atoms with Gasteiger partial charge in [0.25, 0.3) is 5.91 Å². The lowest BCUT2D eigenvalue weighted by atomic mass is 9.79. The zero-order chi connectivity index (χ0) is 16.0. The Morgan fingerprint density at radius 3 is 2.57 bits per heavy atom. The summed E-state index contributed by atoms with van der Waals surface area (Å²) in [4.78, 5) is 26.5. The maximum Gasteiger partial charge on any atom is 0.313 e. The minimum atomic E-state index is -0.934. The largest absolute Gasteiger partial charge is 0.491 e. The number of ether oxygens (including phenoxy) is 1. The van der Waals surface area contributed by atoms with Crippen molar-refractivity contribution in [1.82, 2.24) is 4.90 Å². The number of amides is 1. The molecule has 2 heterocycles. The van der Waals surface area contributed by atoms with Crippen LogP contribution in [0.4, 0.5) is 0 Å². The van der Waals surface area contributed by atoms with Gasteiger partial charge in [0.05, 0.1) is 12.6 Å². The second kappa shape index (κ2) is 5.12. The molecule has 4 rings (SSSR count). The number of rotatable bonds is 1. The number of nitrogens with zero attached hydrogens (tertiary/aromatic N) is 1. The van der Waals surface area contributed by atoms with Crippen LogP contribution in [0, 0.1) is 0 Å². The highest BCUT2D eigenvalue weighted by Gasteiger charge is 2.45. The molecule has 0 unspecified atom stereocenters. The fraction of sp³-hybridized carbons (Fsp3) is 0.222. The first kappa shape index (κ1) is 13.8. The van der Waals surface area contributed by atoms with E-state index in [9.17, 15) is 14.7 Å². The van der Waals surface area contributed by atoms with Crippen LogP contribution in [0.3, 0.4) is 0 Å². The highest BCUT2D eigenvalue weighted by atomic mass is 16.5. The molecule has 23 heavy (non-hydrogen) atoms. The Morgan fingerprint density at radius 2 is 1.78 bits per heavy atom. The first-order valence-electron chi connectivity index (χ1n) is 7.53. The number of fused-ring (bicyclic) bond motifs is 4. The summed E-state index contributed by atoms with van der Waals surface area (Å²) >= 11 is 0.